The van der Waals surface area contributed by atoms with E-state index in [1.165, 1.54) is 18.4 Å². The number of hydrogen-bond donors (Lipinski definition) is 2. The van der Waals surface area contributed by atoms with Crippen LogP contribution < -0.4 is 11.1 Å². The number of nitrogens with zero attached hydrogens (tertiary/aromatic N) is 1. The summed E-state index contributed by atoms with van der Waals surface area (Å²) in [6, 6.07) is 5.91. The van der Waals surface area contributed by atoms with E-state index in [1.54, 1.807) is 19.1 Å². The molecule has 0 radical (unpaired) electrons. The summed E-state index contributed by atoms with van der Waals surface area (Å²) in [5.41, 5.74) is 6.61. The van der Waals surface area contributed by atoms with Crippen molar-refractivity contribution in [2.45, 2.75) is 19.4 Å². The van der Waals surface area contributed by atoms with E-state index in [9.17, 15) is 9.18 Å². The van der Waals surface area contributed by atoms with Gasteiger partial charge in [0.25, 0.3) is 5.91 Å². The second-order valence-corrected chi connectivity index (χ2v) is 4.50. The van der Waals surface area contributed by atoms with Crippen LogP contribution in [-0.4, -0.2) is 17.4 Å². The Kier molecular flexibility index (Phi) is 4.47. The SMILES string of the molecule is CC(N)c1nc(C(=O)NCCc2cccc(F)c2)co1. The first-order valence-corrected chi connectivity index (χ1v) is 6.30. The molecule has 1 unspecified atom stereocenters. The molecule has 0 aliphatic heterocycles. The number of oxazole rings is 1. The Morgan fingerprint density at radius 2 is 2.35 bits per heavy atom. The van der Waals surface area contributed by atoms with Crippen LogP contribution in [0.15, 0.2) is 34.9 Å². The molecule has 0 saturated carbocycles. The third-order valence-electron chi connectivity index (χ3n) is 2.73. The molecule has 1 aromatic carbocycles. The number of halogens is 1. The Morgan fingerprint density at radius 3 is 3.00 bits per heavy atom. The van der Waals surface area contributed by atoms with Gasteiger partial charge in [-0.3, -0.25) is 4.79 Å². The molecule has 0 saturated heterocycles. The van der Waals surface area contributed by atoms with Crippen LogP contribution in [0.3, 0.4) is 0 Å². The van der Waals surface area contributed by atoms with Crippen LogP contribution in [0.5, 0.6) is 0 Å². The van der Waals surface area contributed by atoms with Crippen molar-refractivity contribution in [3.05, 3.63) is 53.5 Å². The number of rotatable bonds is 5. The van der Waals surface area contributed by atoms with Gasteiger partial charge in [0.05, 0.1) is 6.04 Å². The van der Waals surface area contributed by atoms with Crippen LogP contribution in [0.4, 0.5) is 4.39 Å². The van der Waals surface area contributed by atoms with Crippen LogP contribution >= 0.6 is 0 Å². The summed E-state index contributed by atoms with van der Waals surface area (Å²) < 4.78 is 18.1. The number of nitrogens with one attached hydrogen (secondary N) is 1. The van der Waals surface area contributed by atoms with E-state index >= 15 is 0 Å². The summed E-state index contributed by atoms with van der Waals surface area (Å²) in [7, 11) is 0. The number of aromatic nitrogens is 1. The van der Waals surface area contributed by atoms with E-state index in [4.69, 9.17) is 10.2 Å². The van der Waals surface area contributed by atoms with Gasteiger partial charge >= 0.3 is 0 Å². The maximum atomic E-state index is 13.0. The zero-order valence-corrected chi connectivity index (χ0v) is 11.1. The predicted molar refractivity (Wildman–Crippen MR) is 71.5 cm³/mol. The van der Waals surface area contributed by atoms with Gasteiger partial charge in [0.2, 0.25) is 5.89 Å². The van der Waals surface area contributed by atoms with Crippen LogP contribution in [0, 0.1) is 5.82 Å². The van der Waals surface area contributed by atoms with Gasteiger partial charge < -0.3 is 15.5 Å². The Balaban J connectivity index is 1.85. The zero-order valence-electron chi connectivity index (χ0n) is 11.1. The molecule has 6 heteroatoms. The molecule has 2 aromatic rings. The molecule has 0 spiro atoms. The van der Waals surface area contributed by atoms with Crippen LogP contribution in [0.25, 0.3) is 0 Å². The number of nitrogens with two attached hydrogens (primary N) is 1. The van der Waals surface area contributed by atoms with Gasteiger partial charge in [-0.05, 0) is 31.0 Å². The first-order chi connectivity index (χ1) is 9.56. The Labute approximate surface area is 116 Å². The number of amides is 1. The Bertz CT molecular complexity index is 596. The largest absolute Gasteiger partial charge is 0.446 e. The molecule has 106 valence electrons. The van der Waals surface area contributed by atoms with Crippen LogP contribution in [0.2, 0.25) is 0 Å². The number of carbonyl (C=O) groups is 1. The van der Waals surface area contributed by atoms with Gasteiger partial charge in [0.15, 0.2) is 5.69 Å². The minimum atomic E-state index is -0.358. The first kappa shape index (κ1) is 14.2. The molecule has 3 N–H and O–H groups in total. The van der Waals surface area contributed by atoms with Crippen molar-refractivity contribution in [1.82, 2.24) is 10.3 Å². The maximum absolute atomic E-state index is 13.0. The fourth-order valence-corrected chi connectivity index (χ4v) is 1.70. The average Bonchev–Trinajstić information content (AvgIpc) is 2.88. The third kappa shape index (κ3) is 3.64. The molecule has 0 bridgehead atoms. The van der Waals surface area contributed by atoms with Gasteiger partial charge in [0, 0.05) is 6.54 Å². The first-order valence-electron chi connectivity index (χ1n) is 6.30. The van der Waals surface area contributed by atoms with Gasteiger partial charge in [0.1, 0.15) is 12.1 Å². The predicted octanol–water partition coefficient (Wildman–Crippen LogP) is 1.81. The standard InChI is InChI=1S/C14H16FN3O2/c1-9(16)14-18-12(8-20-14)13(19)17-6-5-10-3-2-4-11(15)7-10/h2-4,7-9H,5-6,16H2,1H3,(H,17,19). The summed E-state index contributed by atoms with van der Waals surface area (Å²) in [5.74, 6) is -0.302. The smallest absolute Gasteiger partial charge is 0.273 e. The fraction of sp³-hybridized carbons (Fsp3) is 0.286. The van der Waals surface area contributed by atoms with Crippen molar-refractivity contribution >= 4 is 5.91 Å². The quantitative estimate of drug-likeness (QED) is 0.873. The van der Waals surface area contributed by atoms with Crippen LogP contribution in [0.1, 0.15) is 34.9 Å². The fourth-order valence-electron chi connectivity index (χ4n) is 1.70. The second-order valence-electron chi connectivity index (χ2n) is 4.50. The average molecular weight is 277 g/mol. The molecule has 1 heterocycles. The lowest BCUT2D eigenvalue weighted by Crippen LogP contribution is -2.26. The topological polar surface area (TPSA) is 81.1 Å². The Morgan fingerprint density at radius 1 is 1.55 bits per heavy atom. The minimum absolute atomic E-state index is 0.191. The van der Waals surface area contributed by atoms with Crippen LogP contribution in [-0.2, 0) is 6.42 Å². The maximum Gasteiger partial charge on any atom is 0.273 e. The molecule has 1 amide bonds. The monoisotopic (exact) mass is 277 g/mol. The van der Waals surface area contributed by atoms with Crippen molar-refractivity contribution < 1.29 is 13.6 Å². The Hall–Kier alpha value is -2.21. The van der Waals surface area contributed by atoms with E-state index in [0.717, 1.165) is 5.56 Å². The van der Waals surface area contributed by atoms with E-state index in [1.807, 2.05) is 0 Å². The highest BCUT2D eigenvalue weighted by molar-refractivity contribution is 5.91. The second kappa shape index (κ2) is 6.29. The van der Waals surface area contributed by atoms with E-state index in [2.05, 4.69) is 10.3 Å². The third-order valence-corrected chi connectivity index (χ3v) is 2.73. The van der Waals surface area contributed by atoms with Crippen molar-refractivity contribution in [2.75, 3.05) is 6.54 Å². The van der Waals surface area contributed by atoms with Crippen molar-refractivity contribution in [3.8, 4) is 0 Å². The summed E-state index contributed by atoms with van der Waals surface area (Å²) >= 11 is 0. The van der Waals surface area contributed by atoms with E-state index < -0.39 is 0 Å². The summed E-state index contributed by atoms with van der Waals surface area (Å²) in [5, 5.41) is 2.69. The molecule has 20 heavy (non-hydrogen) atoms. The van der Waals surface area contributed by atoms with E-state index in [0.29, 0.717) is 18.9 Å². The lowest BCUT2D eigenvalue weighted by atomic mass is 10.1. The van der Waals surface area contributed by atoms with E-state index in [-0.39, 0.29) is 23.5 Å². The van der Waals surface area contributed by atoms with Gasteiger partial charge in [-0.15, -0.1) is 0 Å². The molecular formula is C14H16FN3O2. The highest BCUT2D eigenvalue weighted by Gasteiger charge is 2.13. The molecule has 0 fully saturated rings. The molecule has 1 atom stereocenters. The zero-order chi connectivity index (χ0) is 14.5. The molecule has 5 nitrogen and oxygen atoms in total. The van der Waals surface area contributed by atoms with Crippen molar-refractivity contribution in [1.29, 1.82) is 0 Å². The number of hydrogen-bond acceptors (Lipinski definition) is 4. The van der Waals surface area contributed by atoms with Crippen molar-refractivity contribution in [3.63, 3.8) is 0 Å². The number of benzene rings is 1. The molecule has 0 aliphatic carbocycles. The summed E-state index contributed by atoms with van der Waals surface area (Å²) in [4.78, 5) is 15.8. The minimum Gasteiger partial charge on any atom is -0.446 e. The molecular weight excluding hydrogens is 261 g/mol. The lowest BCUT2D eigenvalue weighted by Gasteiger charge is -2.03. The molecule has 2 rings (SSSR count). The number of carbonyl (C=O) groups excluding carboxylic acids is 1. The molecule has 1 aromatic heterocycles. The summed E-state index contributed by atoms with van der Waals surface area (Å²) in [6.07, 6.45) is 1.82. The highest BCUT2D eigenvalue weighted by atomic mass is 19.1. The molecule has 0 aliphatic rings. The van der Waals surface area contributed by atoms with Crippen molar-refractivity contribution in [2.24, 2.45) is 5.73 Å². The highest BCUT2D eigenvalue weighted by Crippen LogP contribution is 2.09. The normalized spacial score (nSPS) is 12.2. The summed E-state index contributed by atoms with van der Waals surface area (Å²) in [6.45, 7) is 2.11. The van der Waals surface area contributed by atoms with Gasteiger partial charge in [-0.2, -0.15) is 0 Å². The lowest BCUT2D eigenvalue weighted by molar-refractivity contribution is 0.0949. The van der Waals surface area contributed by atoms with Gasteiger partial charge in [-0.1, -0.05) is 12.1 Å². The van der Waals surface area contributed by atoms with Gasteiger partial charge in [-0.25, -0.2) is 9.37 Å².